The molecule has 2 aromatic rings. The van der Waals surface area contributed by atoms with Crippen LogP contribution in [0.5, 0.6) is 0 Å². The van der Waals surface area contributed by atoms with Crippen LogP contribution >= 0.6 is 0 Å². The Bertz CT molecular complexity index is 899. The molecule has 1 saturated heterocycles. The fraction of sp³-hybridized carbons (Fsp3) is 0.381. The van der Waals surface area contributed by atoms with Crippen LogP contribution in [0.3, 0.4) is 0 Å². The van der Waals surface area contributed by atoms with Crippen molar-refractivity contribution in [2.45, 2.75) is 33.4 Å². The summed E-state index contributed by atoms with van der Waals surface area (Å²) in [6.45, 7) is 7.29. The van der Waals surface area contributed by atoms with Crippen molar-refractivity contribution in [1.82, 2.24) is 14.7 Å². The molecule has 1 amide bonds. The highest BCUT2D eigenvalue weighted by molar-refractivity contribution is 5.92. The van der Waals surface area contributed by atoms with E-state index in [1.54, 1.807) is 6.08 Å². The summed E-state index contributed by atoms with van der Waals surface area (Å²) in [4.78, 5) is 25.0. The van der Waals surface area contributed by atoms with Gasteiger partial charge in [-0.25, -0.2) is 4.79 Å². The molecule has 2 heterocycles. The first kappa shape index (κ1) is 19.8. The van der Waals surface area contributed by atoms with Gasteiger partial charge < -0.3 is 14.7 Å². The molecule has 3 rings (SSSR count). The third kappa shape index (κ3) is 4.48. The van der Waals surface area contributed by atoms with Gasteiger partial charge in [0.15, 0.2) is 6.10 Å². The van der Waals surface area contributed by atoms with Gasteiger partial charge in [0.05, 0.1) is 25.4 Å². The van der Waals surface area contributed by atoms with Crippen molar-refractivity contribution in [3.63, 3.8) is 0 Å². The summed E-state index contributed by atoms with van der Waals surface area (Å²) in [6.07, 6.45) is 2.28. The molecule has 0 bridgehead atoms. The molecule has 28 heavy (non-hydrogen) atoms. The fourth-order valence-corrected chi connectivity index (χ4v) is 3.23. The minimum absolute atomic E-state index is 0.0587. The fourth-order valence-electron chi connectivity index (χ4n) is 3.23. The number of amides is 1. The summed E-state index contributed by atoms with van der Waals surface area (Å²) in [5, 5.41) is 13.7. The zero-order valence-corrected chi connectivity index (χ0v) is 16.4. The predicted molar refractivity (Wildman–Crippen MR) is 105 cm³/mol. The molecular formula is C21H25N3O4. The second kappa shape index (κ2) is 8.39. The van der Waals surface area contributed by atoms with E-state index in [0.717, 1.165) is 22.5 Å². The number of carboxylic acids is 1. The Morgan fingerprint density at radius 1 is 1.25 bits per heavy atom. The Morgan fingerprint density at radius 2 is 1.96 bits per heavy atom. The zero-order valence-electron chi connectivity index (χ0n) is 16.4. The molecule has 1 N–H and O–H groups in total. The van der Waals surface area contributed by atoms with Crippen molar-refractivity contribution in [2.75, 3.05) is 19.7 Å². The number of ether oxygens (including phenoxy) is 1. The lowest BCUT2D eigenvalue weighted by molar-refractivity contribution is -0.158. The quantitative estimate of drug-likeness (QED) is 0.800. The van der Waals surface area contributed by atoms with Crippen LogP contribution in [-0.4, -0.2) is 57.5 Å². The smallest absolute Gasteiger partial charge is 0.334 e. The van der Waals surface area contributed by atoms with Gasteiger partial charge in [-0.2, -0.15) is 5.10 Å². The number of hydrogen-bond donors (Lipinski definition) is 1. The van der Waals surface area contributed by atoms with E-state index >= 15 is 0 Å². The topological polar surface area (TPSA) is 84.7 Å². The maximum atomic E-state index is 12.5. The van der Waals surface area contributed by atoms with E-state index in [0.29, 0.717) is 13.1 Å². The van der Waals surface area contributed by atoms with Crippen LogP contribution in [-0.2, 0) is 20.9 Å². The summed E-state index contributed by atoms with van der Waals surface area (Å²) in [5.74, 6) is -1.27. The Balaban J connectivity index is 1.71. The van der Waals surface area contributed by atoms with Gasteiger partial charge >= 0.3 is 5.97 Å². The number of benzene rings is 1. The summed E-state index contributed by atoms with van der Waals surface area (Å²) in [6, 6.07) is 8.32. The summed E-state index contributed by atoms with van der Waals surface area (Å²) in [5.41, 5.74) is 5.11. The van der Waals surface area contributed by atoms with Crippen LogP contribution in [0.25, 0.3) is 6.08 Å². The van der Waals surface area contributed by atoms with Crippen LogP contribution in [0, 0.1) is 20.8 Å². The lowest BCUT2D eigenvalue weighted by Gasteiger charge is -2.30. The Labute approximate surface area is 164 Å². The normalized spacial score (nSPS) is 17.2. The van der Waals surface area contributed by atoms with E-state index in [2.05, 4.69) is 36.3 Å². The zero-order chi connectivity index (χ0) is 20.3. The molecule has 1 fully saturated rings. The van der Waals surface area contributed by atoms with Crippen molar-refractivity contribution in [3.05, 3.63) is 58.4 Å². The van der Waals surface area contributed by atoms with Crippen molar-refractivity contribution in [1.29, 1.82) is 0 Å². The molecule has 0 radical (unpaired) electrons. The summed E-state index contributed by atoms with van der Waals surface area (Å²) >= 11 is 0. The molecule has 1 aromatic heterocycles. The highest BCUT2D eigenvalue weighted by Crippen LogP contribution is 2.17. The van der Waals surface area contributed by atoms with Crippen molar-refractivity contribution in [3.8, 4) is 0 Å². The molecule has 1 aliphatic heterocycles. The van der Waals surface area contributed by atoms with Gasteiger partial charge in [0, 0.05) is 23.9 Å². The second-order valence-corrected chi connectivity index (χ2v) is 7.04. The van der Waals surface area contributed by atoms with Crippen molar-refractivity contribution in [2.24, 2.45) is 0 Å². The van der Waals surface area contributed by atoms with E-state index in [1.165, 1.54) is 16.5 Å². The van der Waals surface area contributed by atoms with Crippen LogP contribution < -0.4 is 0 Å². The molecule has 148 valence electrons. The van der Waals surface area contributed by atoms with Gasteiger partial charge in [-0.3, -0.25) is 9.48 Å². The highest BCUT2D eigenvalue weighted by atomic mass is 16.5. The average molecular weight is 383 g/mol. The van der Waals surface area contributed by atoms with E-state index in [-0.39, 0.29) is 19.1 Å². The minimum Gasteiger partial charge on any atom is -0.479 e. The number of nitrogens with zero attached hydrogens (tertiary/aromatic N) is 3. The molecule has 1 unspecified atom stereocenters. The Kier molecular flexibility index (Phi) is 5.94. The third-order valence-corrected chi connectivity index (χ3v) is 4.94. The number of morpholine rings is 1. The van der Waals surface area contributed by atoms with Crippen molar-refractivity contribution < 1.29 is 19.4 Å². The number of aromatic nitrogens is 2. The Morgan fingerprint density at radius 3 is 2.64 bits per heavy atom. The largest absolute Gasteiger partial charge is 0.479 e. The molecule has 0 aliphatic carbocycles. The molecule has 1 atom stereocenters. The van der Waals surface area contributed by atoms with Gasteiger partial charge in [-0.05, 0) is 32.4 Å². The van der Waals surface area contributed by atoms with Gasteiger partial charge in [-0.1, -0.05) is 29.8 Å². The molecular weight excluding hydrogens is 358 g/mol. The van der Waals surface area contributed by atoms with Gasteiger partial charge in [0.1, 0.15) is 0 Å². The molecule has 1 aromatic carbocycles. The third-order valence-electron chi connectivity index (χ3n) is 4.94. The minimum atomic E-state index is -1.05. The van der Waals surface area contributed by atoms with Crippen LogP contribution in [0.15, 0.2) is 30.3 Å². The monoisotopic (exact) mass is 383 g/mol. The number of carbonyl (C=O) groups excluding carboxylic acids is 1. The second-order valence-electron chi connectivity index (χ2n) is 7.04. The maximum absolute atomic E-state index is 12.5. The molecule has 1 aliphatic rings. The number of aryl methyl sites for hydroxylation is 2. The van der Waals surface area contributed by atoms with E-state index in [1.807, 2.05) is 18.5 Å². The maximum Gasteiger partial charge on any atom is 0.334 e. The van der Waals surface area contributed by atoms with Crippen LogP contribution in [0.2, 0.25) is 0 Å². The van der Waals surface area contributed by atoms with Gasteiger partial charge in [0.25, 0.3) is 0 Å². The predicted octanol–water partition coefficient (Wildman–Crippen LogP) is 2.18. The van der Waals surface area contributed by atoms with E-state index in [4.69, 9.17) is 9.84 Å². The standard InChI is InChI=1S/C21H25N3O4/c1-14-4-6-17(7-5-14)12-24-16(3)18(15(2)22-24)8-9-20(25)23-10-11-28-19(13-23)21(26)27/h4-9,19H,10-13H2,1-3H3,(H,26,27)/b9-8+. The lowest BCUT2D eigenvalue weighted by Crippen LogP contribution is -2.48. The molecule has 7 heteroatoms. The molecule has 7 nitrogen and oxygen atoms in total. The van der Waals surface area contributed by atoms with Crippen molar-refractivity contribution >= 4 is 18.0 Å². The average Bonchev–Trinajstić information content (AvgIpc) is 2.94. The summed E-state index contributed by atoms with van der Waals surface area (Å²) < 4.78 is 7.09. The van der Waals surface area contributed by atoms with Crippen LogP contribution in [0.1, 0.15) is 28.1 Å². The van der Waals surface area contributed by atoms with E-state index in [9.17, 15) is 9.59 Å². The number of carbonyl (C=O) groups is 2. The van der Waals surface area contributed by atoms with Gasteiger partial charge in [0.2, 0.25) is 5.91 Å². The van der Waals surface area contributed by atoms with Crippen LogP contribution in [0.4, 0.5) is 0 Å². The highest BCUT2D eigenvalue weighted by Gasteiger charge is 2.28. The Hall–Kier alpha value is -2.93. The molecule has 0 saturated carbocycles. The van der Waals surface area contributed by atoms with Gasteiger partial charge in [-0.15, -0.1) is 0 Å². The first-order chi connectivity index (χ1) is 13.3. The number of hydrogen-bond acceptors (Lipinski definition) is 4. The summed E-state index contributed by atoms with van der Waals surface area (Å²) in [7, 11) is 0. The SMILES string of the molecule is Cc1ccc(Cn2nc(C)c(/C=C/C(=O)N3CCOC(C(=O)O)C3)c2C)cc1. The van der Waals surface area contributed by atoms with E-state index < -0.39 is 12.1 Å². The first-order valence-electron chi connectivity index (χ1n) is 9.26. The number of rotatable bonds is 5. The first-order valence-corrected chi connectivity index (χ1v) is 9.26. The lowest BCUT2D eigenvalue weighted by atomic mass is 10.1. The molecule has 0 spiro atoms. The number of carboxylic acid groups (broad SMARTS) is 1. The number of aliphatic carboxylic acids is 1.